The number of urea groups is 1. The Morgan fingerprint density at radius 1 is 1.22 bits per heavy atom. The first-order valence-electron chi connectivity index (χ1n) is 7.82. The largest absolute Gasteiger partial charge is 0.322 e. The SMILES string of the molecule is CCc1cccc(C)c1NC(=O)N(C)C(C)c1ccccc1Cl. The number of para-hydroxylation sites is 1. The number of carbonyl (C=O) groups is 1. The van der Waals surface area contributed by atoms with Crippen LogP contribution < -0.4 is 5.32 Å². The Morgan fingerprint density at radius 3 is 2.57 bits per heavy atom. The molecule has 1 atom stereocenters. The van der Waals surface area contributed by atoms with Crippen LogP contribution in [0.4, 0.5) is 10.5 Å². The van der Waals surface area contributed by atoms with E-state index in [1.54, 1.807) is 11.9 Å². The van der Waals surface area contributed by atoms with Gasteiger partial charge in [0.25, 0.3) is 0 Å². The van der Waals surface area contributed by atoms with Crippen molar-refractivity contribution >= 4 is 23.3 Å². The van der Waals surface area contributed by atoms with Crippen LogP contribution in [-0.4, -0.2) is 18.0 Å². The van der Waals surface area contributed by atoms with E-state index in [2.05, 4.69) is 12.2 Å². The summed E-state index contributed by atoms with van der Waals surface area (Å²) < 4.78 is 0. The maximum absolute atomic E-state index is 12.6. The smallest absolute Gasteiger partial charge is 0.321 e. The van der Waals surface area contributed by atoms with Crippen molar-refractivity contribution < 1.29 is 4.79 Å². The number of rotatable bonds is 4. The molecule has 0 aromatic heterocycles. The van der Waals surface area contributed by atoms with Gasteiger partial charge in [0.05, 0.1) is 6.04 Å². The van der Waals surface area contributed by atoms with E-state index in [0.717, 1.165) is 28.8 Å². The van der Waals surface area contributed by atoms with Crippen molar-refractivity contribution in [3.63, 3.8) is 0 Å². The summed E-state index contributed by atoms with van der Waals surface area (Å²) in [7, 11) is 1.78. The molecule has 4 heteroatoms. The van der Waals surface area contributed by atoms with E-state index in [1.165, 1.54) is 0 Å². The van der Waals surface area contributed by atoms with Gasteiger partial charge < -0.3 is 10.2 Å². The quantitative estimate of drug-likeness (QED) is 0.795. The van der Waals surface area contributed by atoms with E-state index in [0.29, 0.717) is 5.02 Å². The van der Waals surface area contributed by atoms with Gasteiger partial charge in [0.2, 0.25) is 0 Å². The molecule has 0 fully saturated rings. The van der Waals surface area contributed by atoms with E-state index >= 15 is 0 Å². The van der Waals surface area contributed by atoms with Crippen molar-refractivity contribution in [2.45, 2.75) is 33.2 Å². The van der Waals surface area contributed by atoms with Crippen LogP contribution in [0.5, 0.6) is 0 Å². The fourth-order valence-electron chi connectivity index (χ4n) is 2.60. The van der Waals surface area contributed by atoms with Crippen LogP contribution in [0.25, 0.3) is 0 Å². The number of aryl methyl sites for hydroxylation is 2. The lowest BCUT2D eigenvalue weighted by Gasteiger charge is -2.27. The molecule has 0 aliphatic rings. The van der Waals surface area contributed by atoms with Crippen molar-refractivity contribution in [3.8, 4) is 0 Å². The molecule has 2 rings (SSSR count). The van der Waals surface area contributed by atoms with E-state index in [4.69, 9.17) is 11.6 Å². The predicted molar refractivity (Wildman–Crippen MR) is 97.2 cm³/mol. The van der Waals surface area contributed by atoms with Gasteiger partial charge in [0.1, 0.15) is 0 Å². The molecule has 1 N–H and O–H groups in total. The highest BCUT2D eigenvalue weighted by Crippen LogP contribution is 2.27. The van der Waals surface area contributed by atoms with E-state index in [1.807, 2.05) is 56.3 Å². The number of amides is 2. The van der Waals surface area contributed by atoms with Crippen LogP contribution in [0.15, 0.2) is 42.5 Å². The fraction of sp³-hybridized carbons (Fsp3) is 0.316. The van der Waals surface area contributed by atoms with Crippen molar-refractivity contribution in [2.75, 3.05) is 12.4 Å². The standard InChI is InChI=1S/C19H23ClN2O/c1-5-15-10-8-9-13(2)18(15)21-19(23)22(4)14(3)16-11-6-7-12-17(16)20/h6-12,14H,5H2,1-4H3,(H,21,23). The molecular formula is C19H23ClN2O. The number of anilines is 1. The van der Waals surface area contributed by atoms with Gasteiger partial charge in [-0.25, -0.2) is 4.79 Å². The molecule has 2 aromatic rings. The molecule has 0 spiro atoms. The lowest BCUT2D eigenvalue weighted by molar-refractivity contribution is 0.208. The van der Waals surface area contributed by atoms with Crippen LogP contribution in [-0.2, 0) is 6.42 Å². The zero-order valence-electron chi connectivity index (χ0n) is 14.1. The summed E-state index contributed by atoms with van der Waals surface area (Å²) in [6.45, 7) is 6.06. The van der Waals surface area contributed by atoms with Crippen molar-refractivity contribution in [3.05, 3.63) is 64.2 Å². The molecule has 0 heterocycles. The molecule has 3 nitrogen and oxygen atoms in total. The van der Waals surface area contributed by atoms with Crippen molar-refractivity contribution in [1.82, 2.24) is 4.90 Å². The summed E-state index contributed by atoms with van der Waals surface area (Å²) in [5.74, 6) is 0. The van der Waals surface area contributed by atoms with Crippen LogP contribution in [0.2, 0.25) is 5.02 Å². The Bertz CT molecular complexity index is 700. The van der Waals surface area contributed by atoms with Gasteiger partial charge in [-0.2, -0.15) is 0 Å². The van der Waals surface area contributed by atoms with Crippen molar-refractivity contribution in [2.24, 2.45) is 0 Å². The normalized spacial score (nSPS) is 11.9. The molecule has 23 heavy (non-hydrogen) atoms. The molecule has 0 saturated heterocycles. The lowest BCUT2D eigenvalue weighted by atomic mass is 10.1. The Hall–Kier alpha value is -2.00. The first-order chi connectivity index (χ1) is 11.0. The van der Waals surface area contributed by atoms with Crippen LogP contribution in [0.1, 0.15) is 36.6 Å². The predicted octanol–water partition coefficient (Wildman–Crippen LogP) is 5.44. The number of nitrogens with zero attached hydrogens (tertiary/aromatic N) is 1. The molecular weight excluding hydrogens is 308 g/mol. The Morgan fingerprint density at radius 2 is 1.91 bits per heavy atom. The van der Waals surface area contributed by atoms with E-state index < -0.39 is 0 Å². The van der Waals surface area contributed by atoms with Gasteiger partial charge in [-0.3, -0.25) is 0 Å². The molecule has 0 aliphatic carbocycles. The summed E-state index contributed by atoms with van der Waals surface area (Å²) in [5.41, 5.74) is 4.04. The second-order valence-corrected chi connectivity index (χ2v) is 6.11. The van der Waals surface area contributed by atoms with Crippen LogP contribution in [0, 0.1) is 6.92 Å². The summed E-state index contributed by atoms with van der Waals surface area (Å²) in [6.07, 6.45) is 0.876. The first-order valence-corrected chi connectivity index (χ1v) is 8.20. The van der Waals surface area contributed by atoms with Crippen molar-refractivity contribution in [1.29, 1.82) is 0 Å². The Labute approximate surface area is 143 Å². The zero-order chi connectivity index (χ0) is 17.0. The average Bonchev–Trinajstić information content (AvgIpc) is 2.55. The highest BCUT2D eigenvalue weighted by atomic mass is 35.5. The number of nitrogens with one attached hydrogen (secondary N) is 1. The third kappa shape index (κ3) is 3.85. The number of carbonyl (C=O) groups excluding carboxylic acids is 1. The third-order valence-corrected chi connectivity index (χ3v) is 4.57. The second kappa shape index (κ2) is 7.51. The summed E-state index contributed by atoms with van der Waals surface area (Å²) in [4.78, 5) is 14.3. The van der Waals surface area contributed by atoms with Gasteiger partial charge in [-0.1, -0.05) is 54.9 Å². The fourth-order valence-corrected chi connectivity index (χ4v) is 2.89. The van der Waals surface area contributed by atoms with Gasteiger partial charge in [-0.05, 0) is 43.0 Å². The molecule has 0 saturated carbocycles. The maximum Gasteiger partial charge on any atom is 0.322 e. The molecule has 2 aromatic carbocycles. The number of benzene rings is 2. The minimum absolute atomic E-state index is 0.113. The number of hydrogen-bond donors (Lipinski definition) is 1. The average molecular weight is 331 g/mol. The maximum atomic E-state index is 12.6. The van der Waals surface area contributed by atoms with Gasteiger partial charge in [0, 0.05) is 17.8 Å². The molecule has 0 bridgehead atoms. The number of hydrogen-bond acceptors (Lipinski definition) is 1. The topological polar surface area (TPSA) is 32.3 Å². The van der Waals surface area contributed by atoms with Crippen LogP contribution >= 0.6 is 11.6 Å². The minimum atomic E-state index is -0.138. The highest BCUT2D eigenvalue weighted by Gasteiger charge is 2.20. The summed E-state index contributed by atoms with van der Waals surface area (Å²) in [6, 6.07) is 13.4. The Kier molecular flexibility index (Phi) is 5.67. The molecule has 1 unspecified atom stereocenters. The van der Waals surface area contributed by atoms with E-state index in [-0.39, 0.29) is 12.1 Å². The van der Waals surface area contributed by atoms with Gasteiger partial charge in [0.15, 0.2) is 0 Å². The highest BCUT2D eigenvalue weighted by molar-refractivity contribution is 6.31. The lowest BCUT2D eigenvalue weighted by Crippen LogP contribution is -2.34. The van der Waals surface area contributed by atoms with E-state index in [9.17, 15) is 4.79 Å². The number of halogens is 1. The summed E-state index contributed by atoms with van der Waals surface area (Å²) in [5, 5.41) is 3.71. The molecule has 0 radical (unpaired) electrons. The molecule has 0 aliphatic heterocycles. The van der Waals surface area contributed by atoms with Gasteiger partial charge >= 0.3 is 6.03 Å². The first kappa shape index (κ1) is 17.4. The van der Waals surface area contributed by atoms with Gasteiger partial charge in [-0.15, -0.1) is 0 Å². The Balaban J connectivity index is 2.19. The summed E-state index contributed by atoms with van der Waals surface area (Å²) >= 11 is 6.24. The minimum Gasteiger partial charge on any atom is -0.321 e. The molecule has 122 valence electrons. The second-order valence-electron chi connectivity index (χ2n) is 5.70. The molecule has 2 amide bonds. The third-order valence-electron chi connectivity index (χ3n) is 4.23. The van der Waals surface area contributed by atoms with Crippen LogP contribution in [0.3, 0.4) is 0 Å². The monoisotopic (exact) mass is 330 g/mol. The zero-order valence-corrected chi connectivity index (χ0v) is 14.8.